The number of rotatable bonds is 5. The van der Waals surface area contributed by atoms with Crippen molar-refractivity contribution in [3.63, 3.8) is 0 Å². The Morgan fingerprint density at radius 2 is 1.84 bits per heavy atom. The van der Waals surface area contributed by atoms with Crippen LogP contribution in [0, 0.1) is 0 Å². The third-order valence-corrected chi connectivity index (χ3v) is 4.49. The third-order valence-electron chi connectivity index (χ3n) is 3.34. The second-order valence-corrected chi connectivity index (χ2v) is 6.40. The van der Waals surface area contributed by atoms with Gasteiger partial charge in [-0.05, 0) is 34.7 Å². The van der Waals surface area contributed by atoms with Gasteiger partial charge in [-0.15, -0.1) is 5.10 Å². The van der Waals surface area contributed by atoms with Gasteiger partial charge in [0, 0.05) is 10.6 Å². The molecule has 4 rings (SSSR count). The molecule has 0 bridgehead atoms. The first-order chi connectivity index (χ1) is 12.3. The van der Waals surface area contributed by atoms with E-state index in [9.17, 15) is 0 Å². The van der Waals surface area contributed by atoms with Gasteiger partial charge in [0.15, 0.2) is 0 Å². The fraction of sp³-hybridized carbons (Fsp3) is 0.0625. The molecule has 124 valence electrons. The summed E-state index contributed by atoms with van der Waals surface area (Å²) < 4.78 is 6.94. The smallest absolute Gasteiger partial charge is 0.237 e. The Kier molecular flexibility index (Phi) is 4.45. The zero-order valence-corrected chi connectivity index (χ0v) is 14.4. The van der Waals surface area contributed by atoms with Gasteiger partial charge in [0.25, 0.3) is 0 Å². The number of hydrogen-bond donors (Lipinski definition) is 0. The molecule has 0 N–H and O–H groups in total. The van der Waals surface area contributed by atoms with E-state index in [0.29, 0.717) is 27.6 Å². The minimum absolute atomic E-state index is 0.466. The lowest BCUT2D eigenvalue weighted by Gasteiger charge is -2.02. The molecule has 0 aliphatic heterocycles. The molecule has 0 atom stereocenters. The van der Waals surface area contributed by atoms with Gasteiger partial charge in [-0.3, -0.25) is 0 Å². The Morgan fingerprint density at radius 1 is 1.04 bits per heavy atom. The number of hydrogen-bond acceptors (Lipinski definition) is 7. The number of tetrazole rings is 1. The van der Waals surface area contributed by atoms with E-state index < -0.39 is 0 Å². The first-order valence-electron chi connectivity index (χ1n) is 7.35. The minimum Gasteiger partial charge on any atom is -0.338 e. The maximum Gasteiger partial charge on any atom is 0.237 e. The van der Waals surface area contributed by atoms with Gasteiger partial charge in [-0.25, -0.2) is 0 Å². The molecule has 0 aliphatic rings. The highest BCUT2D eigenvalue weighted by Gasteiger charge is 2.13. The molecule has 2 aromatic heterocycles. The maximum absolute atomic E-state index is 5.91. The fourth-order valence-corrected chi connectivity index (χ4v) is 3.01. The molecule has 0 spiro atoms. The van der Waals surface area contributed by atoms with E-state index in [4.69, 9.17) is 16.1 Å². The van der Waals surface area contributed by atoms with Crippen LogP contribution in [-0.4, -0.2) is 30.3 Å². The summed E-state index contributed by atoms with van der Waals surface area (Å²) in [5, 5.41) is 17.1. The second-order valence-electron chi connectivity index (χ2n) is 5.02. The summed E-state index contributed by atoms with van der Waals surface area (Å²) in [5.41, 5.74) is 1.74. The third kappa shape index (κ3) is 3.54. The summed E-state index contributed by atoms with van der Waals surface area (Å²) in [6, 6.07) is 16.9. The van der Waals surface area contributed by atoms with Crippen molar-refractivity contribution in [2.24, 2.45) is 0 Å². The van der Waals surface area contributed by atoms with E-state index in [1.54, 1.807) is 16.8 Å². The van der Waals surface area contributed by atoms with E-state index in [1.807, 2.05) is 42.5 Å². The van der Waals surface area contributed by atoms with Gasteiger partial charge in [0.05, 0.1) is 11.4 Å². The van der Waals surface area contributed by atoms with Crippen LogP contribution in [0.3, 0.4) is 0 Å². The van der Waals surface area contributed by atoms with Crippen LogP contribution in [0.2, 0.25) is 5.02 Å². The molecule has 0 unspecified atom stereocenters. The lowest BCUT2D eigenvalue weighted by Crippen LogP contribution is -1.98. The molecule has 7 nitrogen and oxygen atoms in total. The summed E-state index contributed by atoms with van der Waals surface area (Å²) in [7, 11) is 0. The molecule has 0 aliphatic carbocycles. The minimum atomic E-state index is 0.466. The number of thioether (sulfide) groups is 1. The molecule has 2 heterocycles. The van der Waals surface area contributed by atoms with Gasteiger partial charge in [0.2, 0.25) is 16.9 Å². The summed E-state index contributed by atoms with van der Waals surface area (Å²) in [6.07, 6.45) is 0. The number of nitrogens with zero attached hydrogens (tertiary/aromatic N) is 6. The predicted molar refractivity (Wildman–Crippen MR) is 93.5 cm³/mol. The van der Waals surface area contributed by atoms with Gasteiger partial charge in [-0.2, -0.15) is 9.67 Å². The zero-order valence-electron chi connectivity index (χ0n) is 12.8. The number of benzene rings is 2. The highest BCUT2D eigenvalue weighted by molar-refractivity contribution is 7.98. The maximum atomic E-state index is 5.91. The predicted octanol–water partition coefficient (Wildman–Crippen LogP) is 3.66. The quantitative estimate of drug-likeness (QED) is 0.496. The van der Waals surface area contributed by atoms with Crippen molar-refractivity contribution in [3.05, 3.63) is 65.5 Å². The van der Waals surface area contributed by atoms with E-state index in [2.05, 4.69) is 25.7 Å². The van der Waals surface area contributed by atoms with Crippen LogP contribution in [0.1, 0.15) is 5.89 Å². The lowest BCUT2D eigenvalue weighted by molar-refractivity contribution is 0.391. The van der Waals surface area contributed by atoms with Gasteiger partial charge in [-0.1, -0.05) is 58.9 Å². The number of halogens is 1. The average molecular weight is 371 g/mol. The monoisotopic (exact) mass is 370 g/mol. The molecular weight excluding hydrogens is 360 g/mol. The van der Waals surface area contributed by atoms with E-state index in [1.165, 1.54) is 11.8 Å². The van der Waals surface area contributed by atoms with Crippen LogP contribution in [-0.2, 0) is 5.75 Å². The highest BCUT2D eigenvalue weighted by Crippen LogP contribution is 2.24. The van der Waals surface area contributed by atoms with Crippen molar-refractivity contribution in [2.75, 3.05) is 0 Å². The Balaban J connectivity index is 1.49. The molecule has 0 amide bonds. The molecule has 0 radical (unpaired) electrons. The van der Waals surface area contributed by atoms with Crippen LogP contribution < -0.4 is 0 Å². The Hall–Kier alpha value is -2.71. The fourth-order valence-electron chi connectivity index (χ4n) is 2.16. The van der Waals surface area contributed by atoms with Gasteiger partial charge >= 0.3 is 0 Å². The molecule has 0 saturated carbocycles. The van der Waals surface area contributed by atoms with E-state index in [0.717, 1.165) is 11.3 Å². The van der Waals surface area contributed by atoms with E-state index in [-0.39, 0.29) is 0 Å². The summed E-state index contributed by atoms with van der Waals surface area (Å²) >= 11 is 7.33. The van der Waals surface area contributed by atoms with Gasteiger partial charge < -0.3 is 4.52 Å². The number of aromatic nitrogens is 6. The largest absolute Gasteiger partial charge is 0.338 e. The molecular formula is C16H11ClN6OS. The molecule has 0 fully saturated rings. The highest BCUT2D eigenvalue weighted by atomic mass is 35.5. The molecule has 25 heavy (non-hydrogen) atoms. The van der Waals surface area contributed by atoms with Crippen LogP contribution in [0.25, 0.3) is 17.1 Å². The zero-order chi connectivity index (χ0) is 17.1. The van der Waals surface area contributed by atoms with Crippen molar-refractivity contribution >= 4 is 23.4 Å². The van der Waals surface area contributed by atoms with Crippen molar-refractivity contribution in [3.8, 4) is 17.1 Å². The van der Waals surface area contributed by atoms with Crippen molar-refractivity contribution in [2.45, 2.75) is 10.9 Å². The molecule has 2 aromatic carbocycles. The molecule has 0 saturated heterocycles. The van der Waals surface area contributed by atoms with Crippen molar-refractivity contribution in [1.82, 2.24) is 30.3 Å². The average Bonchev–Trinajstić information content (AvgIpc) is 3.31. The van der Waals surface area contributed by atoms with E-state index >= 15 is 0 Å². The molecule has 4 aromatic rings. The van der Waals surface area contributed by atoms with Crippen molar-refractivity contribution < 1.29 is 4.52 Å². The molecule has 9 heteroatoms. The second kappa shape index (κ2) is 7.04. The standard InChI is InChI=1S/C16H11ClN6OS/c17-12-6-8-13(9-7-12)23-16(19-21-22-23)25-10-14-18-15(20-24-14)11-4-2-1-3-5-11/h1-9H,10H2. The first-order valence-corrected chi connectivity index (χ1v) is 8.71. The van der Waals surface area contributed by atoms with Crippen LogP contribution >= 0.6 is 23.4 Å². The van der Waals surface area contributed by atoms with Gasteiger partial charge in [0.1, 0.15) is 0 Å². The topological polar surface area (TPSA) is 82.5 Å². The summed E-state index contributed by atoms with van der Waals surface area (Å²) in [6.45, 7) is 0. The van der Waals surface area contributed by atoms with Crippen LogP contribution in [0.4, 0.5) is 0 Å². The Labute approximate surface area is 152 Å². The Morgan fingerprint density at radius 3 is 2.64 bits per heavy atom. The normalized spacial score (nSPS) is 10.9. The summed E-state index contributed by atoms with van der Waals surface area (Å²) in [5.74, 6) is 1.54. The SMILES string of the molecule is Clc1ccc(-n2nnnc2SCc2nc(-c3ccccc3)no2)cc1. The van der Waals surface area contributed by atoms with Crippen LogP contribution in [0.15, 0.2) is 64.3 Å². The van der Waals surface area contributed by atoms with Crippen LogP contribution in [0.5, 0.6) is 0 Å². The Bertz CT molecular complexity index is 970. The van der Waals surface area contributed by atoms with Crippen molar-refractivity contribution in [1.29, 1.82) is 0 Å². The first kappa shape index (κ1) is 15.8. The lowest BCUT2D eigenvalue weighted by atomic mass is 10.2. The summed E-state index contributed by atoms with van der Waals surface area (Å²) in [4.78, 5) is 4.40.